The maximum atomic E-state index is 12.8. The fraction of sp³-hybridized carbons (Fsp3) is 0.450. The van der Waals surface area contributed by atoms with Gasteiger partial charge >= 0.3 is 0 Å². The zero-order valence-corrected chi connectivity index (χ0v) is 18.1. The lowest BCUT2D eigenvalue weighted by Crippen LogP contribution is -2.51. The van der Waals surface area contributed by atoms with Gasteiger partial charge in [0.1, 0.15) is 16.3 Å². The zero-order valence-electron chi connectivity index (χ0n) is 17.3. The molecule has 1 aromatic heterocycles. The van der Waals surface area contributed by atoms with Crippen molar-refractivity contribution in [1.82, 2.24) is 14.4 Å². The van der Waals surface area contributed by atoms with Gasteiger partial charge in [-0.25, -0.2) is 8.42 Å². The van der Waals surface area contributed by atoms with Gasteiger partial charge in [-0.2, -0.15) is 4.31 Å². The molecule has 2 heterocycles. The van der Waals surface area contributed by atoms with Gasteiger partial charge in [0.2, 0.25) is 10.0 Å². The Morgan fingerprint density at radius 2 is 1.73 bits per heavy atom. The predicted octanol–water partition coefficient (Wildman–Crippen LogP) is 1.80. The second-order valence-corrected chi connectivity index (χ2v) is 8.90. The molecule has 30 heavy (non-hydrogen) atoms. The van der Waals surface area contributed by atoms with Crippen LogP contribution < -0.4 is 4.74 Å². The normalized spacial score (nSPS) is 15.2. The van der Waals surface area contributed by atoms with Crippen LogP contribution in [0.1, 0.15) is 35.2 Å². The first-order chi connectivity index (χ1) is 14.2. The van der Waals surface area contributed by atoms with Crippen molar-refractivity contribution in [2.75, 3.05) is 32.8 Å². The van der Waals surface area contributed by atoms with Crippen molar-refractivity contribution < 1.29 is 27.3 Å². The first-order valence-corrected chi connectivity index (χ1v) is 11.1. The van der Waals surface area contributed by atoms with Gasteiger partial charge in [0.05, 0.1) is 0 Å². The smallest absolute Gasteiger partial charge is 0.260 e. The highest BCUT2D eigenvalue weighted by molar-refractivity contribution is 7.89. The average molecular weight is 436 g/mol. The molecule has 1 aliphatic heterocycles. The molecule has 1 amide bonds. The molecule has 1 aromatic carbocycles. The number of hydrogen-bond acceptors (Lipinski definition) is 7. The van der Waals surface area contributed by atoms with E-state index in [2.05, 4.69) is 5.16 Å². The van der Waals surface area contributed by atoms with Crippen molar-refractivity contribution in [1.29, 1.82) is 0 Å². The highest BCUT2D eigenvalue weighted by Crippen LogP contribution is 2.24. The fourth-order valence-electron chi connectivity index (χ4n) is 3.33. The minimum atomic E-state index is -3.72. The Kier molecular flexibility index (Phi) is 6.57. The standard InChI is InChI=1S/C20H25N3O6S/c1-4-18(24)16-5-7-17(8-6-16)28-13-19(25)22-9-11-23(12-10-22)30(26,27)20-14(2)21-29-15(20)3/h5-8H,4,9-13H2,1-3H3. The van der Waals surface area contributed by atoms with E-state index in [-0.39, 0.29) is 55.1 Å². The van der Waals surface area contributed by atoms with Gasteiger partial charge in [-0.3, -0.25) is 9.59 Å². The van der Waals surface area contributed by atoms with Gasteiger partial charge in [-0.1, -0.05) is 12.1 Å². The summed E-state index contributed by atoms with van der Waals surface area (Å²) in [7, 11) is -3.72. The monoisotopic (exact) mass is 435 g/mol. The minimum Gasteiger partial charge on any atom is -0.484 e. The van der Waals surface area contributed by atoms with Crippen LogP contribution in [0.3, 0.4) is 0 Å². The third-order valence-electron chi connectivity index (χ3n) is 5.02. The van der Waals surface area contributed by atoms with Crippen molar-refractivity contribution in [3.05, 3.63) is 41.3 Å². The number of benzene rings is 1. The Bertz CT molecular complexity index is 1000. The van der Waals surface area contributed by atoms with Gasteiger partial charge in [0, 0.05) is 38.2 Å². The maximum absolute atomic E-state index is 12.8. The molecule has 0 aliphatic carbocycles. The number of ketones is 1. The van der Waals surface area contributed by atoms with Gasteiger partial charge in [0.15, 0.2) is 18.2 Å². The lowest BCUT2D eigenvalue weighted by Gasteiger charge is -2.33. The molecule has 0 unspecified atom stereocenters. The predicted molar refractivity (Wildman–Crippen MR) is 108 cm³/mol. The fourth-order valence-corrected chi connectivity index (χ4v) is 5.04. The molecule has 2 aromatic rings. The summed E-state index contributed by atoms with van der Waals surface area (Å²) in [6.45, 7) is 5.71. The number of hydrogen-bond donors (Lipinski definition) is 0. The summed E-state index contributed by atoms with van der Waals surface area (Å²) >= 11 is 0. The van der Waals surface area contributed by atoms with Crippen LogP contribution in [-0.4, -0.2) is 67.3 Å². The molecule has 3 rings (SSSR count). The Hall–Kier alpha value is -2.72. The van der Waals surface area contributed by atoms with Crippen LogP contribution in [-0.2, 0) is 14.8 Å². The van der Waals surface area contributed by atoms with E-state index >= 15 is 0 Å². The summed E-state index contributed by atoms with van der Waals surface area (Å²) in [4.78, 5) is 25.8. The van der Waals surface area contributed by atoms with Crippen LogP contribution in [0, 0.1) is 13.8 Å². The van der Waals surface area contributed by atoms with Crippen LogP contribution in [0.5, 0.6) is 5.75 Å². The number of amides is 1. The van der Waals surface area contributed by atoms with Crippen molar-refractivity contribution in [2.45, 2.75) is 32.1 Å². The van der Waals surface area contributed by atoms with Gasteiger partial charge < -0.3 is 14.2 Å². The number of rotatable bonds is 7. The summed E-state index contributed by atoms with van der Waals surface area (Å²) in [5, 5.41) is 3.71. The van der Waals surface area contributed by atoms with Crippen molar-refractivity contribution in [2.24, 2.45) is 0 Å². The van der Waals surface area contributed by atoms with Gasteiger partial charge in [0.25, 0.3) is 5.91 Å². The summed E-state index contributed by atoms with van der Waals surface area (Å²) in [6, 6.07) is 6.66. The molecule has 0 bridgehead atoms. The molecule has 0 N–H and O–H groups in total. The highest BCUT2D eigenvalue weighted by atomic mass is 32.2. The average Bonchev–Trinajstić information content (AvgIpc) is 3.10. The molecule has 9 nitrogen and oxygen atoms in total. The summed E-state index contributed by atoms with van der Waals surface area (Å²) in [6.07, 6.45) is 0.427. The summed E-state index contributed by atoms with van der Waals surface area (Å²) < 4.78 is 37.5. The molecule has 0 atom stereocenters. The molecule has 0 radical (unpaired) electrons. The lowest BCUT2D eigenvalue weighted by atomic mass is 10.1. The largest absolute Gasteiger partial charge is 0.484 e. The summed E-state index contributed by atoms with van der Waals surface area (Å²) in [5.74, 6) is 0.571. The third-order valence-corrected chi connectivity index (χ3v) is 7.16. The quantitative estimate of drug-likeness (QED) is 0.610. The highest BCUT2D eigenvalue weighted by Gasteiger charge is 2.34. The molecule has 162 valence electrons. The topological polar surface area (TPSA) is 110 Å². The molecule has 0 spiro atoms. The van der Waals surface area contributed by atoms with E-state index in [9.17, 15) is 18.0 Å². The van der Waals surface area contributed by atoms with E-state index in [1.165, 1.54) is 4.31 Å². The van der Waals surface area contributed by atoms with E-state index in [1.54, 1.807) is 49.9 Å². The summed E-state index contributed by atoms with van der Waals surface area (Å²) in [5.41, 5.74) is 0.929. The Morgan fingerprint density at radius 1 is 1.10 bits per heavy atom. The number of carbonyl (C=O) groups excluding carboxylic acids is 2. The molecule has 1 fully saturated rings. The molecular weight excluding hydrogens is 410 g/mol. The molecular formula is C20H25N3O6S. The number of ether oxygens (including phenoxy) is 1. The molecule has 0 saturated carbocycles. The molecule has 10 heteroatoms. The van der Waals surface area contributed by atoms with Crippen LogP contribution in [0.25, 0.3) is 0 Å². The van der Waals surface area contributed by atoms with Crippen molar-refractivity contribution >= 4 is 21.7 Å². The van der Waals surface area contributed by atoms with Crippen LogP contribution in [0.2, 0.25) is 0 Å². The first-order valence-electron chi connectivity index (χ1n) is 9.71. The van der Waals surface area contributed by atoms with Crippen molar-refractivity contribution in [3.8, 4) is 5.75 Å². The molecule has 1 aliphatic rings. The number of aryl methyl sites for hydroxylation is 2. The second kappa shape index (κ2) is 8.97. The van der Waals surface area contributed by atoms with Crippen LogP contribution >= 0.6 is 0 Å². The maximum Gasteiger partial charge on any atom is 0.260 e. The first kappa shape index (κ1) is 22.0. The Balaban J connectivity index is 1.53. The van der Waals surface area contributed by atoms with E-state index in [1.807, 2.05) is 0 Å². The van der Waals surface area contributed by atoms with E-state index < -0.39 is 10.0 Å². The lowest BCUT2D eigenvalue weighted by molar-refractivity contribution is -0.134. The van der Waals surface area contributed by atoms with Crippen LogP contribution in [0.15, 0.2) is 33.7 Å². The third kappa shape index (κ3) is 4.54. The number of carbonyl (C=O) groups is 2. The second-order valence-electron chi connectivity index (χ2n) is 7.03. The van der Waals surface area contributed by atoms with E-state index in [4.69, 9.17) is 9.26 Å². The van der Waals surface area contributed by atoms with Crippen LogP contribution in [0.4, 0.5) is 0 Å². The number of piperazine rings is 1. The SMILES string of the molecule is CCC(=O)c1ccc(OCC(=O)N2CCN(S(=O)(=O)c3c(C)noc3C)CC2)cc1. The Labute approximate surface area is 175 Å². The number of sulfonamides is 1. The van der Waals surface area contributed by atoms with Gasteiger partial charge in [-0.05, 0) is 38.1 Å². The van der Waals surface area contributed by atoms with Gasteiger partial charge in [-0.15, -0.1) is 0 Å². The zero-order chi connectivity index (χ0) is 21.9. The molecule has 1 saturated heterocycles. The van der Waals surface area contributed by atoms with E-state index in [0.717, 1.165) is 0 Å². The number of Topliss-reactive ketones (excluding diaryl/α,β-unsaturated/α-hetero) is 1. The minimum absolute atomic E-state index is 0.0436. The Morgan fingerprint density at radius 3 is 2.27 bits per heavy atom. The van der Waals surface area contributed by atoms with Crippen molar-refractivity contribution in [3.63, 3.8) is 0 Å². The van der Waals surface area contributed by atoms with E-state index in [0.29, 0.717) is 23.4 Å². The number of nitrogens with zero attached hydrogens (tertiary/aromatic N) is 3. The number of aromatic nitrogens is 1.